The number of pyridine rings is 1. The largest absolute Gasteiger partial charge is 0.364 e. The van der Waals surface area contributed by atoms with Crippen LogP contribution in [0.4, 0.5) is 5.82 Å². The topological polar surface area (TPSA) is 54.8 Å². The third-order valence-corrected chi connectivity index (χ3v) is 5.49. The molecule has 3 heterocycles. The summed E-state index contributed by atoms with van der Waals surface area (Å²) in [5, 5.41) is 13.5. The molecule has 0 aliphatic carbocycles. The molecule has 1 atom stereocenters. The van der Waals surface area contributed by atoms with Gasteiger partial charge in [0.1, 0.15) is 5.82 Å². The molecule has 4 aromatic rings. The maximum absolute atomic E-state index is 4.61. The first-order valence-corrected chi connectivity index (χ1v) is 9.63. The van der Waals surface area contributed by atoms with Crippen LogP contribution in [0.5, 0.6) is 0 Å². The van der Waals surface area contributed by atoms with Crippen molar-refractivity contribution in [2.75, 3.05) is 5.32 Å². The van der Waals surface area contributed by atoms with Gasteiger partial charge < -0.3 is 10.6 Å². The fraction of sp³-hybridized carbons (Fsp3) is 0.217. The first-order chi connectivity index (χ1) is 13.7. The van der Waals surface area contributed by atoms with Crippen LogP contribution in [0.2, 0.25) is 0 Å². The van der Waals surface area contributed by atoms with Crippen molar-refractivity contribution in [2.45, 2.75) is 26.1 Å². The molecule has 0 amide bonds. The van der Waals surface area contributed by atoms with Crippen LogP contribution in [0, 0.1) is 0 Å². The highest BCUT2D eigenvalue weighted by molar-refractivity contribution is 5.88. The molecule has 0 spiro atoms. The van der Waals surface area contributed by atoms with E-state index in [2.05, 4.69) is 70.1 Å². The van der Waals surface area contributed by atoms with Crippen LogP contribution < -0.4 is 10.6 Å². The minimum Gasteiger partial charge on any atom is -0.364 e. The van der Waals surface area contributed by atoms with Crippen LogP contribution in [-0.2, 0) is 20.1 Å². The maximum Gasteiger partial charge on any atom is 0.126 e. The smallest absolute Gasteiger partial charge is 0.126 e. The molecule has 1 unspecified atom stereocenters. The molecule has 1 aliphatic heterocycles. The first-order valence-electron chi connectivity index (χ1n) is 9.63. The van der Waals surface area contributed by atoms with Crippen molar-refractivity contribution in [3.8, 4) is 11.1 Å². The SMILES string of the molecule is CC(Nc1cc2cc(-c3cnn(C)c3)ccc2cn1)c1ccc2c(c1)CNC2. The summed E-state index contributed by atoms with van der Waals surface area (Å²) < 4.78 is 1.83. The van der Waals surface area contributed by atoms with Crippen LogP contribution in [0.3, 0.4) is 0 Å². The van der Waals surface area contributed by atoms with Gasteiger partial charge in [0.15, 0.2) is 0 Å². The molecule has 2 aromatic heterocycles. The number of aromatic nitrogens is 3. The highest BCUT2D eigenvalue weighted by atomic mass is 15.2. The van der Waals surface area contributed by atoms with Crippen LogP contribution in [0.1, 0.15) is 29.7 Å². The minimum absolute atomic E-state index is 0.192. The highest BCUT2D eigenvalue weighted by Gasteiger charge is 2.13. The third-order valence-electron chi connectivity index (χ3n) is 5.49. The number of rotatable bonds is 4. The molecule has 0 radical (unpaired) electrons. The lowest BCUT2D eigenvalue weighted by atomic mass is 10.0. The molecule has 2 aromatic carbocycles. The zero-order chi connectivity index (χ0) is 19.1. The van der Waals surface area contributed by atoms with Crippen LogP contribution in [0.15, 0.2) is 61.1 Å². The number of hydrogen-bond donors (Lipinski definition) is 2. The van der Waals surface area contributed by atoms with Gasteiger partial charge in [-0.15, -0.1) is 0 Å². The lowest BCUT2D eigenvalue weighted by molar-refractivity contribution is 0.764. The van der Waals surface area contributed by atoms with Crippen molar-refractivity contribution in [1.29, 1.82) is 0 Å². The molecule has 1 aliphatic rings. The number of fused-ring (bicyclic) bond motifs is 2. The Bertz CT molecular complexity index is 1160. The molecule has 2 N–H and O–H groups in total. The zero-order valence-electron chi connectivity index (χ0n) is 16.1. The average Bonchev–Trinajstić information content (AvgIpc) is 3.35. The van der Waals surface area contributed by atoms with Crippen molar-refractivity contribution in [3.63, 3.8) is 0 Å². The molecule has 0 saturated carbocycles. The van der Waals surface area contributed by atoms with Gasteiger partial charge in [0.05, 0.1) is 6.20 Å². The highest BCUT2D eigenvalue weighted by Crippen LogP contribution is 2.27. The molecule has 5 rings (SSSR count). The Morgan fingerprint density at radius 2 is 1.86 bits per heavy atom. The van der Waals surface area contributed by atoms with Gasteiger partial charge in [-0.25, -0.2) is 4.98 Å². The first kappa shape index (κ1) is 17.0. The van der Waals surface area contributed by atoms with Gasteiger partial charge in [0.2, 0.25) is 0 Å². The summed E-state index contributed by atoms with van der Waals surface area (Å²) >= 11 is 0. The fourth-order valence-electron chi connectivity index (χ4n) is 3.86. The predicted molar refractivity (Wildman–Crippen MR) is 113 cm³/mol. The molecule has 0 bridgehead atoms. The van der Waals surface area contributed by atoms with Gasteiger partial charge in [0.25, 0.3) is 0 Å². The van der Waals surface area contributed by atoms with Crippen LogP contribution in [-0.4, -0.2) is 14.8 Å². The fourth-order valence-corrected chi connectivity index (χ4v) is 3.86. The number of aryl methyl sites for hydroxylation is 1. The molecular formula is C23H23N5. The summed E-state index contributed by atoms with van der Waals surface area (Å²) in [7, 11) is 1.94. The van der Waals surface area contributed by atoms with E-state index in [4.69, 9.17) is 0 Å². The van der Waals surface area contributed by atoms with E-state index in [1.165, 1.54) is 22.1 Å². The molecule has 0 fully saturated rings. The molecule has 28 heavy (non-hydrogen) atoms. The van der Waals surface area contributed by atoms with Crippen LogP contribution in [0.25, 0.3) is 21.9 Å². The third kappa shape index (κ3) is 3.14. The Morgan fingerprint density at radius 3 is 2.71 bits per heavy atom. The Kier molecular flexibility index (Phi) is 4.10. The zero-order valence-corrected chi connectivity index (χ0v) is 16.1. The lowest BCUT2D eigenvalue weighted by Gasteiger charge is -2.16. The molecule has 5 nitrogen and oxygen atoms in total. The van der Waals surface area contributed by atoms with Gasteiger partial charge in [-0.3, -0.25) is 4.68 Å². The number of nitrogens with one attached hydrogen (secondary N) is 2. The van der Waals surface area contributed by atoms with Gasteiger partial charge in [0, 0.05) is 49.5 Å². The van der Waals surface area contributed by atoms with Gasteiger partial charge >= 0.3 is 0 Å². The molecule has 5 heteroatoms. The Morgan fingerprint density at radius 1 is 0.964 bits per heavy atom. The summed E-state index contributed by atoms with van der Waals surface area (Å²) in [6.07, 6.45) is 5.86. The molecular weight excluding hydrogens is 346 g/mol. The summed E-state index contributed by atoms with van der Waals surface area (Å²) in [4.78, 5) is 4.61. The van der Waals surface area contributed by atoms with Crippen molar-refractivity contribution in [1.82, 2.24) is 20.1 Å². The van der Waals surface area contributed by atoms with E-state index >= 15 is 0 Å². The van der Waals surface area contributed by atoms with E-state index in [1.807, 2.05) is 30.3 Å². The van der Waals surface area contributed by atoms with E-state index in [1.54, 1.807) is 0 Å². The lowest BCUT2D eigenvalue weighted by Crippen LogP contribution is -2.08. The Labute approximate surface area is 164 Å². The number of anilines is 1. The van der Waals surface area contributed by atoms with E-state index in [0.717, 1.165) is 35.4 Å². The number of benzene rings is 2. The second-order valence-corrected chi connectivity index (χ2v) is 7.53. The second-order valence-electron chi connectivity index (χ2n) is 7.53. The van der Waals surface area contributed by atoms with E-state index in [0.29, 0.717) is 0 Å². The van der Waals surface area contributed by atoms with E-state index in [-0.39, 0.29) is 6.04 Å². The number of nitrogens with zero attached hydrogens (tertiary/aromatic N) is 3. The monoisotopic (exact) mass is 369 g/mol. The Balaban J connectivity index is 1.42. The quantitative estimate of drug-likeness (QED) is 0.559. The summed E-state index contributed by atoms with van der Waals surface area (Å²) in [5.41, 5.74) is 6.38. The second kappa shape index (κ2) is 6.77. The van der Waals surface area contributed by atoms with Gasteiger partial charge in [-0.05, 0) is 46.7 Å². The van der Waals surface area contributed by atoms with Crippen molar-refractivity contribution in [2.24, 2.45) is 7.05 Å². The normalized spacial score (nSPS) is 14.2. The van der Waals surface area contributed by atoms with Crippen molar-refractivity contribution in [3.05, 3.63) is 77.7 Å². The summed E-state index contributed by atoms with van der Waals surface area (Å²) in [6.45, 7) is 4.12. The van der Waals surface area contributed by atoms with E-state index in [9.17, 15) is 0 Å². The van der Waals surface area contributed by atoms with Crippen molar-refractivity contribution >= 4 is 16.6 Å². The number of hydrogen-bond acceptors (Lipinski definition) is 4. The summed E-state index contributed by atoms with van der Waals surface area (Å²) in [5.74, 6) is 0.891. The Hall–Kier alpha value is -3.18. The van der Waals surface area contributed by atoms with Gasteiger partial charge in [-0.2, -0.15) is 5.10 Å². The minimum atomic E-state index is 0.192. The van der Waals surface area contributed by atoms with E-state index < -0.39 is 0 Å². The predicted octanol–water partition coefficient (Wildman–Crippen LogP) is 4.41. The van der Waals surface area contributed by atoms with Crippen LogP contribution >= 0.6 is 0 Å². The van der Waals surface area contributed by atoms with Gasteiger partial charge in [-0.1, -0.05) is 30.3 Å². The standard InChI is InChI=1S/C23H23N5/c1-15(16-3-5-18-10-24-11-21(18)7-16)27-23-9-20-8-17(4-6-19(20)12-25-23)22-13-26-28(2)14-22/h3-9,12-15,24H,10-11H2,1-2H3,(H,25,27). The molecule has 140 valence electrons. The van der Waals surface area contributed by atoms with Crippen molar-refractivity contribution < 1.29 is 0 Å². The maximum atomic E-state index is 4.61. The summed E-state index contributed by atoms with van der Waals surface area (Å²) in [6, 6.07) is 15.5. The average molecular weight is 369 g/mol. The molecule has 0 saturated heterocycles.